The molecule has 0 aromatic rings. The third-order valence-electron chi connectivity index (χ3n) is 1.82. The molecule has 0 radical (unpaired) electrons. The molecule has 0 aliphatic heterocycles. The maximum Gasteiger partial charge on any atom is 0.198 e. The molecule has 2 atom stereocenters. The molecular weight excluding hydrogens is 160 g/mol. The topological polar surface area (TPSA) is 49.2 Å². The smallest absolute Gasteiger partial charge is 0.198 e. The second-order valence-electron chi connectivity index (χ2n) is 3.09. The summed E-state index contributed by atoms with van der Waals surface area (Å²) in [5, 5.41) is -0.198. The van der Waals surface area contributed by atoms with Gasteiger partial charge < -0.3 is 18.4 Å². The van der Waals surface area contributed by atoms with Crippen LogP contribution in [0.2, 0.25) is 0 Å². The van der Waals surface area contributed by atoms with Crippen molar-refractivity contribution in [3.63, 3.8) is 0 Å². The van der Waals surface area contributed by atoms with Crippen LogP contribution < -0.4 is 10.6 Å². The first-order valence-corrected chi connectivity index (χ1v) is 4.28. The summed E-state index contributed by atoms with van der Waals surface area (Å²) in [6.45, 7) is 6.72. The van der Waals surface area contributed by atoms with Gasteiger partial charge in [-0.1, -0.05) is 0 Å². The van der Waals surface area contributed by atoms with Crippen LogP contribution in [0.1, 0.15) is 20.8 Å². The zero-order valence-electron chi connectivity index (χ0n) is 7.39. The highest BCUT2D eigenvalue weighted by Gasteiger charge is 2.21. The van der Waals surface area contributed by atoms with Crippen LogP contribution >= 0.6 is 0 Å². The minimum atomic E-state index is -0.198. The summed E-state index contributed by atoms with van der Waals surface area (Å²) in [5.74, 6) is 0. The third kappa shape index (κ3) is 3.14. The zero-order valence-corrected chi connectivity index (χ0v) is 8.20. The van der Waals surface area contributed by atoms with Crippen LogP contribution in [-0.4, -0.2) is 23.9 Å². The van der Waals surface area contributed by atoms with Gasteiger partial charge in [-0.05, 0) is 20.8 Å². The van der Waals surface area contributed by atoms with Crippen LogP contribution in [0.15, 0.2) is 0 Å². The van der Waals surface area contributed by atoms with Crippen LogP contribution in [0.5, 0.6) is 0 Å². The average molecular weight is 177 g/mol. The Labute approximate surface area is 73.3 Å². The maximum absolute atomic E-state index is 10.9. The van der Waals surface area contributed by atoms with Crippen molar-refractivity contribution in [1.29, 1.82) is 0 Å². The van der Waals surface area contributed by atoms with Gasteiger partial charge in [0.05, 0.1) is 6.04 Å². The van der Waals surface area contributed by atoms with Crippen LogP contribution in [0.3, 0.4) is 0 Å². The monoisotopic (exact) mass is 177 g/mol. The Hall–Kier alpha value is -0.190. The molecule has 0 spiro atoms. The first-order valence-electron chi connectivity index (χ1n) is 3.88. The number of rotatable bonds is 3. The molecule has 0 aliphatic carbocycles. The van der Waals surface area contributed by atoms with E-state index in [4.69, 9.17) is 0 Å². The first kappa shape index (κ1) is 10.8. The molecule has 66 valence electrons. The SMILES string of the molecule is CC(C)[NH+](C(=O)[S-])C(C)C[NH3+]. The Morgan fingerprint density at radius 1 is 1.55 bits per heavy atom. The molecule has 4 heteroatoms. The van der Waals surface area contributed by atoms with Crippen LogP contribution in [-0.2, 0) is 12.6 Å². The Bertz CT molecular complexity index is 138. The van der Waals surface area contributed by atoms with Crippen LogP contribution in [0, 0.1) is 0 Å². The molecule has 0 aliphatic rings. The number of quaternary nitrogens is 2. The fourth-order valence-corrected chi connectivity index (χ4v) is 1.60. The summed E-state index contributed by atoms with van der Waals surface area (Å²) in [7, 11) is 0. The summed E-state index contributed by atoms with van der Waals surface area (Å²) in [4.78, 5) is 11.8. The molecule has 0 heterocycles. The zero-order chi connectivity index (χ0) is 9.02. The minimum absolute atomic E-state index is 0.198. The quantitative estimate of drug-likeness (QED) is 0.520. The van der Waals surface area contributed by atoms with Gasteiger partial charge in [0.25, 0.3) is 0 Å². The molecule has 0 bridgehead atoms. The van der Waals surface area contributed by atoms with Gasteiger partial charge in [-0.25, -0.2) is 0 Å². The van der Waals surface area contributed by atoms with Gasteiger partial charge in [0.1, 0.15) is 12.6 Å². The van der Waals surface area contributed by atoms with Crippen LogP contribution in [0.4, 0.5) is 4.79 Å². The second-order valence-corrected chi connectivity index (χ2v) is 3.46. The number of carbonyl (C=O) groups is 1. The highest BCUT2D eigenvalue weighted by atomic mass is 32.1. The van der Waals surface area contributed by atoms with E-state index in [1.54, 1.807) is 0 Å². The number of hydrogen-bond acceptors (Lipinski definition) is 2. The molecule has 0 aromatic carbocycles. The van der Waals surface area contributed by atoms with E-state index < -0.39 is 0 Å². The predicted molar refractivity (Wildman–Crippen MR) is 46.1 cm³/mol. The summed E-state index contributed by atoms with van der Waals surface area (Å²) in [6.07, 6.45) is 0. The Kier molecular flexibility index (Phi) is 4.56. The van der Waals surface area contributed by atoms with Gasteiger partial charge in [0.15, 0.2) is 5.24 Å². The first-order chi connectivity index (χ1) is 5.00. The van der Waals surface area contributed by atoms with Crippen molar-refractivity contribution in [2.24, 2.45) is 0 Å². The maximum atomic E-state index is 10.9. The van der Waals surface area contributed by atoms with Crippen LogP contribution in [0.25, 0.3) is 0 Å². The molecule has 0 fully saturated rings. The summed E-state index contributed by atoms with van der Waals surface area (Å²) < 4.78 is 0. The Morgan fingerprint density at radius 2 is 2.00 bits per heavy atom. The van der Waals surface area contributed by atoms with Crippen molar-refractivity contribution in [1.82, 2.24) is 0 Å². The van der Waals surface area contributed by atoms with E-state index in [0.717, 1.165) is 11.4 Å². The summed E-state index contributed by atoms with van der Waals surface area (Å²) >= 11 is 4.62. The van der Waals surface area contributed by atoms with Gasteiger partial charge >= 0.3 is 0 Å². The second kappa shape index (κ2) is 4.64. The highest BCUT2D eigenvalue weighted by Crippen LogP contribution is 1.76. The van der Waals surface area contributed by atoms with Gasteiger partial charge in [-0.15, -0.1) is 0 Å². The standard InChI is InChI=1S/C7H16N2OS/c1-5(2)9(7(10)11)6(3)4-8/h5-6H,4,8H2,1-3H3,(H,10,11)/p+1. The molecular formula is C7H17N2OS+. The van der Waals surface area contributed by atoms with E-state index in [1.807, 2.05) is 20.8 Å². The molecule has 11 heavy (non-hydrogen) atoms. The van der Waals surface area contributed by atoms with Gasteiger partial charge in [0, 0.05) is 0 Å². The van der Waals surface area contributed by atoms with Crippen molar-refractivity contribution < 1.29 is 15.4 Å². The molecule has 0 saturated heterocycles. The fourth-order valence-electron chi connectivity index (χ4n) is 1.16. The third-order valence-corrected chi connectivity index (χ3v) is 2.06. The lowest BCUT2D eigenvalue weighted by Gasteiger charge is -2.27. The average Bonchev–Trinajstić information content (AvgIpc) is 1.85. The molecule has 0 aromatic heterocycles. The van der Waals surface area contributed by atoms with E-state index in [-0.39, 0.29) is 17.3 Å². The number of nitrogens with one attached hydrogen (secondary N) is 1. The normalized spacial score (nSPS) is 16.5. The van der Waals surface area contributed by atoms with E-state index >= 15 is 0 Å². The molecule has 3 nitrogen and oxygen atoms in total. The Morgan fingerprint density at radius 3 is 2.09 bits per heavy atom. The predicted octanol–water partition coefficient (Wildman–Crippen LogP) is -1.42. The molecule has 0 rings (SSSR count). The largest absolute Gasteiger partial charge is 0.675 e. The molecule has 0 saturated carbocycles. The van der Waals surface area contributed by atoms with Gasteiger partial charge in [-0.2, -0.15) is 0 Å². The lowest BCUT2D eigenvalue weighted by Crippen LogP contribution is -3.21. The molecule has 1 amide bonds. The fraction of sp³-hybridized carbons (Fsp3) is 0.857. The van der Waals surface area contributed by atoms with Crippen molar-refractivity contribution in [2.75, 3.05) is 6.54 Å². The van der Waals surface area contributed by atoms with Crippen molar-refractivity contribution in [3.05, 3.63) is 0 Å². The Balaban J connectivity index is 4.21. The minimum Gasteiger partial charge on any atom is -0.675 e. The molecule has 4 N–H and O–H groups in total. The van der Waals surface area contributed by atoms with Gasteiger partial charge in [-0.3, -0.25) is 9.69 Å². The van der Waals surface area contributed by atoms with E-state index in [2.05, 4.69) is 18.4 Å². The summed E-state index contributed by atoms with van der Waals surface area (Å²) in [6, 6.07) is 0.497. The van der Waals surface area contributed by atoms with E-state index in [1.165, 1.54) is 0 Å². The number of hydrogen-bond donors (Lipinski definition) is 2. The number of carbonyl (C=O) groups excluding carboxylic acids is 1. The lowest BCUT2D eigenvalue weighted by molar-refractivity contribution is -0.865. The van der Waals surface area contributed by atoms with Crippen molar-refractivity contribution in [3.8, 4) is 0 Å². The van der Waals surface area contributed by atoms with E-state index in [0.29, 0.717) is 0 Å². The van der Waals surface area contributed by atoms with Crippen molar-refractivity contribution >= 4 is 17.9 Å². The summed E-state index contributed by atoms with van der Waals surface area (Å²) in [5.41, 5.74) is 3.75. The van der Waals surface area contributed by atoms with E-state index in [9.17, 15) is 4.79 Å². The van der Waals surface area contributed by atoms with Crippen molar-refractivity contribution in [2.45, 2.75) is 32.9 Å². The number of amides is 1. The molecule has 2 unspecified atom stereocenters. The lowest BCUT2D eigenvalue weighted by atomic mass is 10.2. The highest BCUT2D eigenvalue weighted by molar-refractivity contribution is 7.76. The van der Waals surface area contributed by atoms with Gasteiger partial charge in [0.2, 0.25) is 0 Å².